The van der Waals surface area contributed by atoms with Crippen LogP contribution in [-0.2, 0) is 0 Å². The van der Waals surface area contributed by atoms with Crippen molar-refractivity contribution in [3.05, 3.63) is 0 Å². The molecule has 20 heavy (non-hydrogen) atoms. The van der Waals surface area contributed by atoms with Gasteiger partial charge in [0.05, 0.1) is 0 Å². The van der Waals surface area contributed by atoms with E-state index in [9.17, 15) is 0 Å². The predicted octanol–water partition coefficient (Wildman–Crippen LogP) is 3.95. The van der Waals surface area contributed by atoms with Crippen molar-refractivity contribution in [2.45, 2.75) is 89.6 Å². The van der Waals surface area contributed by atoms with Crippen molar-refractivity contribution in [2.24, 2.45) is 5.41 Å². The molecule has 3 rings (SSSR count). The van der Waals surface area contributed by atoms with Gasteiger partial charge in [-0.1, -0.05) is 32.6 Å². The molecule has 1 N–H and O–H groups in total. The smallest absolute Gasteiger partial charge is 0.00933 e. The van der Waals surface area contributed by atoms with Gasteiger partial charge in [-0.05, 0) is 56.9 Å². The molecule has 2 nitrogen and oxygen atoms in total. The van der Waals surface area contributed by atoms with Gasteiger partial charge in [-0.2, -0.15) is 0 Å². The first-order chi connectivity index (χ1) is 9.81. The predicted molar refractivity (Wildman–Crippen MR) is 86.0 cm³/mol. The van der Waals surface area contributed by atoms with Crippen LogP contribution in [0.2, 0.25) is 0 Å². The molecule has 1 atom stereocenters. The zero-order valence-corrected chi connectivity index (χ0v) is 13.5. The fourth-order valence-electron chi connectivity index (χ4n) is 4.51. The van der Waals surface area contributed by atoms with Gasteiger partial charge in [0.1, 0.15) is 0 Å². The second-order valence-electron chi connectivity index (χ2n) is 7.74. The topological polar surface area (TPSA) is 15.3 Å². The molecule has 116 valence electrons. The highest BCUT2D eigenvalue weighted by Crippen LogP contribution is 2.38. The van der Waals surface area contributed by atoms with E-state index in [4.69, 9.17) is 0 Å². The van der Waals surface area contributed by atoms with Crippen molar-refractivity contribution in [3.8, 4) is 0 Å². The molecular formula is C18H34N2. The van der Waals surface area contributed by atoms with Crippen molar-refractivity contribution in [1.82, 2.24) is 10.2 Å². The number of hydrogen-bond acceptors (Lipinski definition) is 2. The summed E-state index contributed by atoms with van der Waals surface area (Å²) >= 11 is 0. The maximum Gasteiger partial charge on any atom is 0.00933 e. The van der Waals surface area contributed by atoms with E-state index in [1.54, 1.807) is 0 Å². The Hall–Kier alpha value is -0.0800. The highest BCUT2D eigenvalue weighted by Gasteiger charge is 2.37. The van der Waals surface area contributed by atoms with Gasteiger partial charge in [0.25, 0.3) is 0 Å². The molecule has 1 aliphatic heterocycles. The zero-order valence-electron chi connectivity index (χ0n) is 13.5. The van der Waals surface area contributed by atoms with Gasteiger partial charge >= 0.3 is 0 Å². The molecule has 2 heteroatoms. The third-order valence-corrected chi connectivity index (χ3v) is 6.02. The van der Waals surface area contributed by atoms with Gasteiger partial charge in [-0.25, -0.2) is 0 Å². The number of nitrogens with zero attached hydrogens (tertiary/aromatic N) is 1. The Bertz CT molecular complexity index is 290. The molecular weight excluding hydrogens is 244 g/mol. The van der Waals surface area contributed by atoms with E-state index in [1.165, 1.54) is 90.3 Å². The average molecular weight is 278 g/mol. The lowest BCUT2D eigenvalue weighted by molar-refractivity contribution is 0.115. The van der Waals surface area contributed by atoms with Crippen molar-refractivity contribution in [3.63, 3.8) is 0 Å². The summed E-state index contributed by atoms with van der Waals surface area (Å²) in [5.41, 5.74) is 0.594. The fraction of sp³-hybridized carbons (Fsp3) is 1.00. The van der Waals surface area contributed by atoms with Crippen LogP contribution in [-0.4, -0.2) is 36.6 Å². The first-order valence-corrected chi connectivity index (χ1v) is 9.29. The Balaban J connectivity index is 1.63. The average Bonchev–Trinajstić information content (AvgIpc) is 3.22. The lowest BCUT2D eigenvalue weighted by Crippen LogP contribution is -2.46. The lowest BCUT2D eigenvalue weighted by atomic mass is 9.79. The van der Waals surface area contributed by atoms with Crippen molar-refractivity contribution in [2.75, 3.05) is 19.6 Å². The second kappa shape index (κ2) is 6.79. The van der Waals surface area contributed by atoms with Crippen LogP contribution in [0.25, 0.3) is 0 Å². The normalized spacial score (nSPS) is 31.4. The highest BCUT2D eigenvalue weighted by atomic mass is 15.2. The molecule has 2 aliphatic carbocycles. The maximum absolute atomic E-state index is 3.88. The molecule has 0 aromatic carbocycles. The Morgan fingerprint density at radius 3 is 2.40 bits per heavy atom. The molecule has 0 aromatic heterocycles. The molecule has 1 saturated heterocycles. The van der Waals surface area contributed by atoms with Gasteiger partial charge in [-0.3, -0.25) is 4.90 Å². The molecule has 0 spiro atoms. The van der Waals surface area contributed by atoms with E-state index in [2.05, 4.69) is 17.1 Å². The van der Waals surface area contributed by atoms with Crippen LogP contribution < -0.4 is 5.32 Å². The quantitative estimate of drug-likeness (QED) is 0.740. The summed E-state index contributed by atoms with van der Waals surface area (Å²) in [7, 11) is 0. The molecule has 0 amide bonds. The highest BCUT2D eigenvalue weighted by molar-refractivity contribution is 4.93. The van der Waals surface area contributed by atoms with E-state index < -0.39 is 0 Å². The van der Waals surface area contributed by atoms with Crippen LogP contribution in [0.4, 0.5) is 0 Å². The maximum atomic E-state index is 3.88. The largest absolute Gasteiger partial charge is 0.313 e. The monoisotopic (exact) mass is 278 g/mol. The van der Waals surface area contributed by atoms with Crippen LogP contribution in [0.15, 0.2) is 0 Å². The van der Waals surface area contributed by atoms with Crippen LogP contribution in [0, 0.1) is 5.41 Å². The summed E-state index contributed by atoms with van der Waals surface area (Å²) in [4.78, 5) is 2.85. The number of hydrogen-bond donors (Lipinski definition) is 1. The molecule has 2 saturated carbocycles. The van der Waals surface area contributed by atoms with Crippen molar-refractivity contribution < 1.29 is 0 Å². The molecule has 1 heterocycles. The number of likely N-dealkylation sites (tertiary alicyclic amines) is 1. The van der Waals surface area contributed by atoms with Crippen LogP contribution >= 0.6 is 0 Å². The Morgan fingerprint density at radius 2 is 1.75 bits per heavy atom. The van der Waals surface area contributed by atoms with Crippen LogP contribution in [0.5, 0.6) is 0 Å². The number of rotatable bonds is 6. The van der Waals surface area contributed by atoms with Gasteiger partial charge in [0, 0.05) is 25.2 Å². The summed E-state index contributed by atoms with van der Waals surface area (Å²) in [6.07, 6.45) is 15.9. The van der Waals surface area contributed by atoms with Gasteiger partial charge in [0.15, 0.2) is 0 Å². The van der Waals surface area contributed by atoms with Crippen molar-refractivity contribution >= 4 is 0 Å². The first kappa shape index (κ1) is 14.8. The molecule has 0 aromatic rings. The van der Waals surface area contributed by atoms with E-state index in [1.807, 2.05) is 0 Å². The summed E-state index contributed by atoms with van der Waals surface area (Å²) in [6.45, 7) is 6.42. The zero-order chi connectivity index (χ0) is 13.8. The Morgan fingerprint density at radius 1 is 1.00 bits per heavy atom. The van der Waals surface area contributed by atoms with Crippen molar-refractivity contribution in [1.29, 1.82) is 0 Å². The van der Waals surface area contributed by atoms with Gasteiger partial charge in [0.2, 0.25) is 0 Å². The summed E-state index contributed by atoms with van der Waals surface area (Å²) in [6, 6.07) is 1.76. The SMILES string of the molecule is CCC1CCCN1CC1(CNC2CC2)CCCCCC1. The Kier molecular flexibility index (Phi) is 5.04. The minimum Gasteiger partial charge on any atom is -0.313 e. The van der Waals surface area contributed by atoms with Crippen LogP contribution in [0.3, 0.4) is 0 Å². The van der Waals surface area contributed by atoms with E-state index in [0.717, 1.165) is 12.1 Å². The summed E-state index contributed by atoms with van der Waals surface area (Å²) in [5.74, 6) is 0. The standard InChI is InChI=1S/C18H34N2/c1-2-17-8-7-13-20(17)15-18(14-19-16-9-10-16)11-5-3-4-6-12-18/h16-17,19H,2-15H2,1H3. The van der Waals surface area contributed by atoms with E-state index in [0.29, 0.717) is 5.41 Å². The first-order valence-electron chi connectivity index (χ1n) is 9.29. The molecule has 3 fully saturated rings. The third kappa shape index (κ3) is 3.76. The molecule has 0 bridgehead atoms. The van der Waals surface area contributed by atoms with Crippen LogP contribution in [0.1, 0.15) is 77.6 Å². The summed E-state index contributed by atoms with van der Waals surface area (Å²) in [5, 5.41) is 3.88. The van der Waals surface area contributed by atoms with E-state index in [-0.39, 0.29) is 0 Å². The van der Waals surface area contributed by atoms with Gasteiger partial charge < -0.3 is 5.32 Å². The summed E-state index contributed by atoms with van der Waals surface area (Å²) < 4.78 is 0. The minimum atomic E-state index is 0.594. The fourth-order valence-corrected chi connectivity index (χ4v) is 4.51. The van der Waals surface area contributed by atoms with Gasteiger partial charge in [-0.15, -0.1) is 0 Å². The second-order valence-corrected chi connectivity index (χ2v) is 7.74. The minimum absolute atomic E-state index is 0.594. The molecule has 1 unspecified atom stereocenters. The lowest BCUT2D eigenvalue weighted by Gasteiger charge is -2.39. The molecule has 3 aliphatic rings. The molecule has 0 radical (unpaired) electrons. The number of nitrogens with one attached hydrogen (secondary N) is 1. The Labute approximate surface area is 125 Å². The van der Waals surface area contributed by atoms with E-state index >= 15 is 0 Å². The third-order valence-electron chi connectivity index (χ3n) is 6.02.